The summed E-state index contributed by atoms with van der Waals surface area (Å²) >= 11 is 1.64. The van der Waals surface area contributed by atoms with Crippen LogP contribution in [0.4, 0.5) is 4.79 Å². The third-order valence-electron chi connectivity index (χ3n) is 3.51. The van der Waals surface area contributed by atoms with Gasteiger partial charge in [-0.2, -0.15) is 5.10 Å². The van der Waals surface area contributed by atoms with Crippen LogP contribution >= 0.6 is 11.3 Å². The van der Waals surface area contributed by atoms with Crippen LogP contribution in [0.3, 0.4) is 0 Å². The number of benzene rings is 1. The Bertz CT molecular complexity index is 825. The Hall–Kier alpha value is -2.67. The molecule has 2 aromatic heterocycles. The molecule has 0 aliphatic rings. The molecule has 3 rings (SSSR count). The van der Waals surface area contributed by atoms with Crippen molar-refractivity contribution in [2.75, 3.05) is 0 Å². The first-order chi connectivity index (χ1) is 11.6. The summed E-state index contributed by atoms with van der Waals surface area (Å²) in [6.07, 6.45) is 1.88. The molecule has 0 bridgehead atoms. The molecule has 0 atom stereocenters. The second-order valence-electron chi connectivity index (χ2n) is 5.36. The highest BCUT2D eigenvalue weighted by Crippen LogP contribution is 2.15. The predicted octanol–water partition coefficient (Wildman–Crippen LogP) is 2.95. The molecule has 7 heteroatoms. The maximum atomic E-state index is 11.9. The number of aryl methyl sites for hydroxylation is 2. The molecule has 2 amide bonds. The van der Waals surface area contributed by atoms with E-state index in [1.54, 1.807) is 16.0 Å². The second kappa shape index (κ2) is 7.27. The van der Waals surface area contributed by atoms with Crippen molar-refractivity contribution in [3.63, 3.8) is 0 Å². The van der Waals surface area contributed by atoms with Gasteiger partial charge in [-0.05, 0) is 32.0 Å². The number of para-hydroxylation sites is 1. The van der Waals surface area contributed by atoms with Crippen molar-refractivity contribution in [2.45, 2.75) is 26.9 Å². The van der Waals surface area contributed by atoms with Gasteiger partial charge >= 0.3 is 6.03 Å². The van der Waals surface area contributed by atoms with Crippen molar-refractivity contribution in [2.24, 2.45) is 0 Å². The molecule has 0 radical (unpaired) electrons. The minimum absolute atomic E-state index is 0.227. The van der Waals surface area contributed by atoms with E-state index in [1.807, 2.05) is 56.4 Å². The maximum absolute atomic E-state index is 11.9. The van der Waals surface area contributed by atoms with Crippen LogP contribution in [0, 0.1) is 13.8 Å². The lowest BCUT2D eigenvalue weighted by molar-refractivity contribution is 0.240. The molecule has 1 aromatic carbocycles. The minimum atomic E-state index is -0.227. The van der Waals surface area contributed by atoms with Gasteiger partial charge in [0.05, 0.1) is 35.2 Å². The zero-order valence-corrected chi connectivity index (χ0v) is 14.4. The summed E-state index contributed by atoms with van der Waals surface area (Å²) < 4.78 is 1.79. The second-order valence-corrected chi connectivity index (χ2v) is 6.77. The van der Waals surface area contributed by atoms with Gasteiger partial charge in [0.1, 0.15) is 0 Å². The molecule has 3 aromatic rings. The van der Waals surface area contributed by atoms with Crippen LogP contribution in [0.5, 0.6) is 0 Å². The number of carbonyl (C=O) groups excluding carboxylic acids is 1. The highest BCUT2D eigenvalue weighted by Gasteiger charge is 2.07. The van der Waals surface area contributed by atoms with Crippen LogP contribution in [0.2, 0.25) is 0 Å². The van der Waals surface area contributed by atoms with Crippen molar-refractivity contribution in [1.82, 2.24) is 25.4 Å². The monoisotopic (exact) mass is 341 g/mol. The van der Waals surface area contributed by atoms with Gasteiger partial charge < -0.3 is 10.6 Å². The Kier molecular flexibility index (Phi) is 4.90. The molecular formula is C17H19N5OS. The number of nitrogens with zero attached hydrogens (tertiary/aromatic N) is 3. The number of aromatic nitrogens is 3. The molecule has 0 spiro atoms. The number of hydrogen-bond donors (Lipinski definition) is 2. The first-order valence-electron chi connectivity index (χ1n) is 7.66. The average Bonchev–Trinajstić information content (AvgIpc) is 3.18. The zero-order valence-electron chi connectivity index (χ0n) is 13.6. The molecule has 2 N–H and O–H groups in total. The number of thiazole rings is 1. The van der Waals surface area contributed by atoms with Gasteiger partial charge in [-0.3, -0.25) is 0 Å². The van der Waals surface area contributed by atoms with E-state index in [9.17, 15) is 4.79 Å². The fraction of sp³-hybridized carbons (Fsp3) is 0.235. The summed E-state index contributed by atoms with van der Waals surface area (Å²) in [5.41, 5.74) is 2.71. The summed E-state index contributed by atoms with van der Waals surface area (Å²) in [5, 5.41) is 11.1. The standard InChI is InChI=1S/C17H19N5OS/c1-12-16(20-13(2)24-12)11-19-17(23)18-10-14-8-9-22(21-14)15-6-4-3-5-7-15/h3-9H,10-11H2,1-2H3,(H2,18,19,23). The quantitative estimate of drug-likeness (QED) is 0.749. The lowest BCUT2D eigenvalue weighted by atomic mass is 10.3. The molecule has 124 valence electrons. The van der Waals surface area contributed by atoms with Gasteiger partial charge in [0, 0.05) is 11.1 Å². The van der Waals surface area contributed by atoms with E-state index in [-0.39, 0.29) is 6.03 Å². The molecule has 0 saturated carbocycles. The van der Waals surface area contributed by atoms with E-state index in [0.29, 0.717) is 13.1 Å². The van der Waals surface area contributed by atoms with Gasteiger partial charge in [0.2, 0.25) is 0 Å². The van der Waals surface area contributed by atoms with Crippen molar-refractivity contribution in [1.29, 1.82) is 0 Å². The first kappa shape index (κ1) is 16.2. The Labute approximate surface area is 144 Å². The Morgan fingerprint density at radius 1 is 1.12 bits per heavy atom. The summed E-state index contributed by atoms with van der Waals surface area (Å²) in [7, 11) is 0. The molecule has 6 nitrogen and oxygen atoms in total. The lowest BCUT2D eigenvalue weighted by Gasteiger charge is -2.05. The summed E-state index contributed by atoms with van der Waals surface area (Å²) in [4.78, 5) is 17.4. The van der Waals surface area contributed by atoms with Crippen molar-refractivity contribution in [3.05, 3.63) is 63.9 Å². The number of carbonyl (C=O) groups is 1. The summed E-state index contributed by atoms with van der Waals surface area (Å²) in [5.74, 6) is 0. The number of hydrogen-bond acceptors (Lipinski definition) is 4. The Balaban J connectivity index is 1.50. The Morgan fingerprint density at radius 3 is 2.58 bits per heavy atom. The highest BCUT2D eigenvalue weighted by atomic mass is 32.1. The van der Waals surface area contributed by atoms with Gasteiger partial charge in [0.15, 0.2) is 0 Å². The van der Waals surface area contributed by atoms with Gasteiger partial charge in [-0.25, -0.2) is 14.5 Å². The van der Waals surface area contributed by atoms with E-state index in [0.717, 1.165) is 27.0 Å². The fourth-order valence-corrected chi connectivity index (χ4v) is 3.15. The van der Waals surface area contributed by atoms with Crippen molar-refractivity contribution in [3.8, 4) is 5.69 Å². The molecule has 0 saturated heterocycles. The predicted molar refractivity (Wildman–Crippen MR) is 94.2 cm³/mol. The maximum Gasteiger partial charge on any atom is 0.315 e. The summed E-state index contributed by atoms with van der Waals surface area (Å²) in [6, 6.07) is 11.5. The number of urea groups is 1. The number of rotatable bonds is 5. The highest BCUT2D eigenvalue weighted by molar-refractivity contribution is 7.11. The minimum Gasteiger partial charge on any atom is -0.332 e. The molecule has 24 heavy (non-hydrogen) atoms. The first-order valence-corrected chi connectivity index (χ1v) is 8.48. The number of nitrogens with one attached hydrogen (secondary N) is 2. The van der Waals surface area contributed by atoms with Gasteiger partial charge in [-0.1, -0.05) is 18.2 Å². The normalized spacial score (nSPS) is 10.6. The van der Waals surface area contributed by atoms with Gasteiger partial charge in [-0.15, -0.1) is 11.3 Å². The van der Waals surface area contributed by atoms with E-state index in [1.165, 1.54) is 0 Å². The largest absolute Gasteiger partial charge is 0.332 e. The topological polar surface area (TPSA) is 71.8 Å². The average molecular weight is 341 g/mol. The number of amides is 2. The van der Waals surface area contributed by atoms with Crippen molar-refractivity contribution >= 4 is 17.4 Å². The summed E-state index contributed by atoms with van der Waals surface area (Å²) in [6.45, 7) is 4.78. The van der Waals surface area contributed by atoms with Crippen LogP contribution < -0.4 is 10.6 Å². The van der Waals surface area contributed by atoms with E-state index in [2.05, 4.69) is 20.7 Å². The van der Waals surface area contributed by atoms with Crippen LogP contribution in [0.25, 0.3) is 5.69 Å². The van der Waals surface area contributed by atoms with Crippen LogP contribution in [0.1, 0.15) is 21.3 Å². The molecule has 2 heterocycles. The lowest BCUT2D eigenvalue weighted by Crippen LogP contribution is -2.34. The zero-order chi connectivity index (χ0) is 16.9. The molecule has 0 unspecified atom stereocenters. The van der Waals surface area contributed by atoms with Crippen LogP contribution in [0.15, 0.2) is 42.6 Å². The molecule has 0 aliphatic carbocycles. The smallest absolute Gasteiger partial charge is 0.315 e. The van der Waals surface area contributed by atoms with Crippen LogP contribution in [-0.2, 0) is 13.1 Å². The van der Waals surface area contributed by atoms with E-state index >= 15 is 0 Å². The Morgan fingerprint density at radius 2 is 1.88 bits per heavy atom. The third kappa shape index (κ3) is 3.99. The SMILES string of the molecule is Cc1nc(CNC(=O)NCc2ccn(-c3ccccc3)n2)c(C)s1. The van der Waals surface area contributed by atoms with Crippen molar-refractivity contribution < 1.29 is 4.79 Å². The van der Waals surface area contributed by atoms with Gasteiger partial charge in [0.25, 0.3) is 0 Å². The van der Waals surface area contributed by atoms with E-state index < -0.39 is 0 Å². The fourth-order valence-electron chi connectivity index (χ4n) is 2.31. The third-order valence-corrected chi connectivity index (χ3v) is 4.44. The molecular weight excluding hydrogens is 322 g/mol. The van der Waals surface area contributed by atoms with E-state index in [4.69, 9.17) is 0 Å². The molecule has 0 fully saturated rings. The molecule has 0 aliphatic heterocycles. The van der Waals surface area contributed by atoms with Crippen LogP contribution in [-0.4, -0.2) is 20.8 Å².